The van der Waals surface area contributed by atoms with Crippen molar-refractivity contribution in [1.29, 1.82) is 0 Å². The molecular formula is C27H33FN6O4S. The van der Waals surface area contributed by atoms with Crippen LogP contribution in [0, 0.1) is 11.2 Å². The molecule has 208 valence electrons. The standard InChI is InChI=1S/C27H33FN6O4S/c1-29-26(38)30-22-21(19-15-17(28)5-6-20(19)39-22)23(35)31-13-7-18(8-14-31)32-10-4-9-27(16-32)24(36)33-11-2-3-12-34(33)25(27)37/h5-6,15,18H,2-4,7-14,16H2,1H3,(H2,29,30,38). The summed E-state index contributed by atoms with van der Waals surface area (Å²) in [5, 5.41) is 9.46. The Kier molecular flexibility index (Phi) is 6.70. The fourth-order valence-corrected chi connectivity index (χ4v) is 7.72. The number of amides is 5. The van der Waals surface area contributed by atoms with Crippen LogP contribution in [0.25, 0.3) is 10.1 Å². The average molecular weight is 557 g/mol. The van der Waals surface area contributed by atoms with Crippen LogP contribution in [-0.4, -0.2) is 95.9 Å². The van der Waals surface area contributed by atoms with Gasteiger partial charge in [-0.1, -0.05) is 0 Å². The first-order valence-corrected chi connectivity index (χ1v) is 14.5. The Morgan fingerprint density at radius 2 is 1.69 bits per heavy atom. The number of piperidine rings is 2. The van der Waals surface area contributed by atoms with Gasteiger partial charge in [0.1, 0.15) is 16.2 Å². The van der Waals surface area contributed by atoms with Crippen LogP contribution in [0.1, 0.15) is 48.9 Å². The van der Waals surface area contributed by atoms with Gasteiger partial charge in [0, 0.05) is 55.9 Å². The van der Waals surface area contributed by atoms with Gasteiger partial charge in [-0.25, -0.2) is 9.18 Å². The molecule has 39 heavy (non-hydrogen) atoms. The van der Waals surface area contributed by atoms with Crippen molar-refractivity contribution in [2.75, 3.05) is 51.6 Å². The average Bonchev–Trinajstić information content (AvgIpc) is 3.41. The molecule has 6 rings (SSSR count). The molecule has 0 radical (unpaired) electrons. The van der Waals surface area contributed by atoms with Crippen molar-refractivity contribution in [3.63, 3.8) is 0 Å². The van der Waals surface area contributed by atoms with Crippen LogP contribution in [0.2, 0.25) is 0 Å². The van der Waals surface area contributed by atoms with Crippen molar-refractivity contribution in [2.45, 2.75) is 44.6 Å². The van der Waals surface area contributed by atoms with E-state index in [1.165, 1.54) is 30.5 Å². The quantitative estimate of drug-likeness (QED) is 0.566. The highest BCUT2D eigenvalue weighted by atomic mass is 32.1. The second kappa shape index (κ2) is 10.1. The van der Waals surface area contributed by atoms with Crippen LogP contribution in [0.4, 0.5) is 14.2 Å². The SMILES string of the molecule is CNC(=O)Nc1sc2ccc(F)cc2c1C(=O)N1CCC(N2CCCC3(C2)C(=O)N2CCCCN2C3=O)CC1. The van der Waals surface area contributed by atoms with Crippen LogP contribution in [0.3, 0.4) is 0 Å². The van der Waals surface area contributed by atoms with Crippen molar-refractivity contribution in [2.24, 2.45) is 5.41 Å². The Hall–Kier alpha value is -3.25. The second-order valence-electron chi connectivity index (χ2n) is 10.9. The topological polar surface area (TPSA) is 105 Å². The summed E-state index contributed by atoms with van der Waals surface area (Å²) in [6, 6.07) is 4.02. The van der Waals surface area contributed by atoms with Crippen LogP contribution in [0.15, 0.2) is 18.2 Å². The first kappa shape index (κ1) is 26.0. The Bertz CT molecular complexity index is 1320. The molecule has 5 amide bonds. The van der Waals surface area contributed by atoms with Gasteiger partial charge in [-0.15, -0.1) is 11.3 Å². The van der Waals surface area contributed by atoms with E-state index in [0.29, 0.717) is 67.9 Å². The molecular weight excluding hydrogens is 523 g/mol. The van der Waals surface area contributed by atoms with Crippen molar-refractivity contribution < 1.29 is 23.6 Å². The number of urea groups is 1. The molecule has 4 fully saturated rings. The Balaban J connectivity index is 1.17. The second-order valence-corrected chi connectivity index (χ2v) is 11.9. The van der Waals surface area contributed by atoms with Gasteiger partial charge in [0.15, 0.2) is 0 Å². The maximum absolute atomic E-state index is 14.1. The summed E-state index contributed by atoms with van der Waals surface area (Å²) in [5.41, 5.74) is -0.670. The lowest BCUT2D eigenvalue weighted by Gasteiger charge is -2.44. The number of thiophene rings is 1. The van der Waals surface area contributed by atoms with Gasteiger partial charge in [0.25, 0.3) is 17.7 Å². The first-order chi connectivity index (χ1) is 18.8. The number of rotatable bonds is 3. The Morgan fingerprint density at radius 1 is 1.00 bits per heavy atom. The summed E-state index contributed by atoms with van der Waals surface area (Å²) in [5.74, 6) is -0.769. The lowest BCUT2D eigenvalue weighted by atomic mass is 9.78. The van der Waals surface area contributed by atoms with Gasteiger partial charge < -0.3 is 10.2 Å². The zero-order valence-electron chi connectivity index (χ0n) is 22.0. The summed E-state index contributed by atoms with van der Waals surface area (Å²) in [4.78, 5) is 56.6. The number of anilines is 1. The number of fused-ring (bicyclic) bond motifs is 2. The van der Waals surface area contributed by atoms with Crippen molar-refractivity contribution >= 4 is 50.2 Å². The molecule has 0 unspecified atom stereocenters. The molecule has 4 aliphatic rings. The molecule has 1 spiro atoms. The lowest BCUT2D eigenvalue weighted by molar-refractivity contribution is -0.150. The third-order valence-corrected chi connectivity index (χ3v) is 9.76. The molecule has 10 nitrogen and oxygen atoms in total. The number of nitrogens with one attached hydrogen (secondary N) is 2. The van der Waals surface area contributed by atoms with Crippen LogP contribution in [0.5, 0.6) is 0 Å². The van der Waals surface area contributed by atoms with Gasteiger partial charge in [0.05, 0.1) is 5.56 Å². The number of hydrogen-bond donors (Lipinski definition) is 2. The molecule has 0 aliphatic carbocycles. The van der Waals surface area contributed by atoms with Crippen LogP contribution < -0.4 is 10.6 Å². The molecule has 5 heterocycles. The fourth-order valence-electron chi connectivity index (χ4n) is 6.65. The van der Waals surface area contributed by atoms with Crippen molar-refractivity contribution in [3.8, 4) is 0 Å². The molecule has 12 heteroatoms. The molecule has 4 saturated heterocycles. The summed E-state index contributed by atoms with van der Waals surface area (Å²) >= 11 is 1.25. The number of carbonyl (C=O) groups excluding carboxylic acids is 4. The number of halogens is 1. The Morgan fingerprint density at radius 3 is 2.36 bits per heavy atom. The zero-order valence-corrected chi connectivity index (χ0v) is 22.8. The summed E-state index contributed by atoms with van der Waals surface area (Å²) in [6.45, 7) is 3.49. The highest BCUT2D eigenvalue weighted by Gasteiger charge is 2.60. The molecule has 0 saturated carbocycles. The van der Waals surface area contributed by atoms with E-state index in [-0.39, 0.29) is 23.8 Å². The minimum Gasteiger partial charge on any atom is -0.341 e. The molecule has 0 bridgehead atoms. The van der Waals surface area contributed by atoms with E-state index in [9.17, 15) is 23.6 Å². The maximum Gasteiger partial charge on any atom is 0.319 e. The van der Waals surface area contributed by atoms with E-state index in [2.05, 4.69) is 15.5 Å². The lowest BCUT2D eigenvalue weighted by Crippen LogP contribution is -2.56. The predicted molar refractivity (Wildman–Crippen MR) is 145 cm³/mol. The van der Waals surface area contributed by atoms with Gasteiger partial charge in [-0.3, -0.25) is 34.6 Å². The van der Waals surface area contributed by atoms with E-state index in [0.717, 1.165) is 30.5 Å². The summed E-state index contributed by atoms with van der Waals surface area (Å²) in [6.07, 6.45) is 4.66. The van der Waals surface area contributed by atoms with Gasteiger partial charge in [0.2, 0.25) is 0 Å². The molecule has 2 N–H and O–H groups in total. The third kappa shape index (κ3) is 4.33. The molecule has 1 aromatic heterocycles. The smallest absolute Gasteiger partial charge is 0.319 e. The minimum atomic E-state index is -0.977. The maximum atomic E-state index is 14.1. The number of likely N-dealkylation sites (tertiary alicyclic amines) is 2. The monoisotopic (exact) mass is 556 g/mol. The van der Waals surface area contributed by atoms with Crippen LogP contribution >= 0.6 is 11.3 Å². The molecule has 0 atom stereocenters. The third-order valence-electron chi connectivity index (χ3n) is 8.68. The predicted octanol–water partition coefficient (Wildman–Crippen LogP) is 2.86. The van der Waals surface area contributed by atoms with E-state index in [4.69, 9.17) is 0 Å². The van der Waals surface area contributed by atoms with Gasteiger partial charge >= 0.3 is 6.03 Å². The Labute approximate surface area is 230 Å². The fraction of sp³-hybridized carbons (Fsp3) is 0.556. The number of carbonyl (C=O) groups is 4. The molecule has 1 aromatic carbocycles. The number of hydrazine groups is 1. The van der Waals surface area contributed by atoms with Gasteiger partial charge in [-0.2, -0.15) is 0 Å². The highest BCUT2D eigenvalue weighted by molar-refractivity contribution is 7.23. The van der Waals surface area contributed by atoms with Crippen molar-refractivity contribution in [1.82, 2.24) is 25.1 Å². The van der Waals surface area contributed by atoms with Crippen molar-refractivity contribution in [3.05, 3.63) is 29.6 Å². The zero-order chi connectivity index (χ0) is 27.3. The van der Waals surface area contributed by atoms with E-state index < -0.39 is 17.3 Å². The number of hydrogen-bond acceptors (Lipinski definition) is 6. The van der Waals surface area contributed by atoms with Gasteiger partial charge in [-0.05, 0) is 63.3 Å². The largest absolute Gasteiger partial charge is 0.341 e. The normalized spacial score (nSPS) is 22.1. The number of nitrogens with zero attached hydrogens (tertiary/aromatic N) is 4. The summed E-state index contributed by atoms with van der Waals surface area (Å²) < 4.78 is 14.8. The van der Waals surface area contributed by atoms with E-state index >= 15 is 0 Å². The number of benzene rings is 1. The molecule has 4 aliphatic heterocycles. The highest BCUT2D eigenvalue weighted by Crippen LogP contribution is 2.43. The summed E-state index contributed by atoms with van der Waals surface area (Å²) in [7, 11) is 1.49. The molecule has 2 aromatic rings. The van der Waals surface area contributed by atoms with E-state index in [1.54, 1.807) is 21.0 Å². The van der Waals surface area contributed by atoms with E-state index in [1.807, 2.05) is 0 Å². The van der Waals surface area contributed by atoms with Crippen LogP contribution in [-0.2, 0) is 9.59 Å². The first-order valence-electron chi connectivity index (χ1n) is 13.7. The minimum absolute atomic E-state index is 0.0442.